The van der Waals surface area contributed by atoms with Gasteiger partial charge < -0.3 is 15.0 Å². The minimum atomic E-state index is -0.0415. The number of ether oxygens (including phenoxy) is 1. The number of carbonyl (C=O) groups is 1. The van der Waals surface area contributed by atoms with E-state index in [1.807, 2.05) is 20.0 Å². The lowest BCUT2D eigenvalue weighted by atomic mass is 9.73. The zero-order chi connectivity index (χ0) is 19.2. The van der Waals surface area contributed by atoms with E-state index in [2.05, 4.69) is 41.1 Å². The molecule has 1 spiro atoms. The molecule has 1 aromatic rings. The van der Waals surface area contributed by atoms with Gasteiger partial charge in [0.15, 0.2) is 0 Å². The van der Waals surface area contributed by atoms with Crippen molar-refractivity contribution >= 4 is 11.7 Å². The first-order valence-corrected chi connectivity index (χ1v) is 10.2. The quantitative estimate of drug-likeness (QED) is 0.826. The highest BCUT2D eigenvalue weighted by atomic mass is 16.5. The predicted molar refractivity (Wildman–Crippen MR) is 106 cm³/mol. The first-order chi connectivity index (χ1) is 12.9. The van der Waals surface area contributed by atoms with E-state index in [9.17, 15) is 4.79 Å². The Morgan fingerprint density at radius 3 is 3.04 bits per heavy atom. The second-order valence-electron chi connectivity index (χ2n) is 8.86. The molecule has 0 aliphatic carbocycles. The summed E-state index contributed by atoms with van der Waals surface area (Å²) in [5.74, 6) is 2.04. The van der Waals surface area contributed by atoms with Gasteiger partial charge in [0.1, 0.15) is 5.82 Å². The van der Waals surface area contributed by atoms with Crippen LogP contribution in [0.5, 0.6) is 0 Å². The summed E-state index contributed by atoms with van der Waals surface area (Å²) in [5, 5.41) is 3.17. The summed E-state index contributed by atoms with van der Waals surface area (Å²) in [6.45, 7) is 9.31. The minimum absolute atomic E-state index is 0.0415. The Kier molecular flexibility index (Phi) is 4.89. The zero-order valence-corrected chi connectivity index (χ0v) is 16.9. The van der Waals surface area contributed by atoms with Gasteiger partial charge in [0.05, 0.1) is 18.2 Å². The highest BCUT2D eigenvalue weighted by Gasteiger charge is 2.63. The summed E-state index contributed by atoms with van der Waals surface area (Å²) < 4.78 is 6.50. The zero-order valence-electron chi connectivity index (χ0n) is 16.9. The molecule has 3 aliphatic rings. The summed E-state index contributed by atoms with van der Waals surface area (Å²) in [4.78, 5) is 21.5. The first kappa shape index (κ1) is 18.7. The molecule has 0 saturated carbocycles. The van der Waals surface area contributed by atoms with Gasteiger partial charge in [0.2, 0.25) is 5.91 Å². The molecule has 1 amide bonds. The normalized spacial score (nSPS) is 31.8. The van der Waals surface area contributed by atoms with E-state index in [4.69, 9.17) is 9.72 Å². The Labute approximate surface area is 162 Å². The average molecular weight is 373 g/mol. The van der Waals surface area contributed by atoms with Gasteiger partial charge in [-0.05, 0) is 52.8 Å². The molecule has 4 rings (SSSR count). The largest absolute Gasteiger partial charge is 0.369 e. The maximum absolute atomic E-state index is 12.3. The van der Waals surface area contributed by atoms with Crippen LogP contribution in [0.1, 0.15) is 32.4 Å². The number of likely N-dealkylation sites (N-methyl/N-ethyl adjacent to an activating group) is 1. The summed E-state index contributed by atoms with van der Waals surface area (Å²) in [5.41, 5.74) is 1.01. The van der Waals surface area contributed by atoms with Crippen LogP contribution in [0.2, 0.25) is 0 Å². The third kappa shape index (κ3) is 3.45. The van der Waals surface area contributed by atoms with Crippen molar-refractivity contribution in [3.05, 3.63) is 23.9 Å². The molecular formula is C21H32N4O2. The molecule has 4 atom stereocenters. The summed E-state index contributed by atoms with van der Waals surface area (Å²) >= 11 is 0. The number of anilines is 1. The van der Waals surface area contributed by atoms with Crippen LogP contribution < -0.4 is 10.2 Å². The fourth-order valence-electron chi connectivity index (χ4n) is 5.04. The monoisotopic (exact) mass is 372 g/mol. The van der Waals surface area contributed by atoms with Gasteiger partial charge in [-0.3, -0.25) is 9.69 Å². The molecule has 1 aromatic heterocycles. The average Bonchev–Trinajstić information content (AvgIpc) is 3.28. The van der Waals surface area contributed by atoms with Crippen LogP contribution >= 0.6 is 0 Å². The Hall–Kier alpha value is -1.66. The first-order valence-electron chi connectivity index (χ1n) is 10.2. The third-order valence-corrected chi connectivity index (χ3v) is 6.79. The van der Waals surface area contributed by atoms with Crippen molar-refractivity contribution in [1.82, 2.24) is 15.2 Å². The van der Waals surface area contributed by atoms with Crippen LogP contribution in [0, 0.1) is 18.8 Å². The fraction of sp³-hybridized carbons (Fsp3) is 0.714. The van der Waals surface area contributed by atoms with E-state index in [-0.39, 0.29) is 11.5 Å². The topological polar surface area (TPSA) is 57.7 Å². The molecule has 0 unspecified atom stereocenters. The maximum atomic E-state index is 12.3. The smallest absolute Gasteiger partial charge is 0.234 e. The molecule has 3 saturated heterocycles. The number of hydrogen-bond donors (Lipinski definition) is 1. The van der Waals surface area contributed by atoms with Gasteiger partial charge in [0, 0.05) is 43.2 Å². The van der Waals surface area contributed by atoms with E-state index < -0.39 is 0 Å². The van der Waals surface area contributed by atoms with Gasteiger partial charge in [-0.15, -0.1) is 0 Å². The number of nitrogens with zero attached hydrogens (tertiary/aromatic N) is 3. The summed E-state index contributed by atoms with van der Waals surface area (Å²) in [7, 11) is 1.99. The number of carbonyl (C=O) groups excluding carboxylic acids is 1. The number of pyridine rings is 1. The van der Waals surface area contributed by atoms with Crippen molar-refractivity contribution in [2.75, 3.05) is 38.1 Å². The molecule has 0 radical (unpaired) electrons. The van der Waals surface area contributed by atoms with Crippen molar-refractivity contribution in [1.29, 1.82) is 0 Å². The standard InChI is InChI=1S/C21H32N4O2/c1-14(2)24(4)12-20(26)22-10-16-17-11-25(19-7-5-6-15(3)23-19)13-21(17)9-8-18(16)27-21/h5-7,14,16-18H,8-13H2,1-4H3,(H,22,26)/t16-,17+,18+,21+/m0/s1. The van der Waals surface area contributed by atoms with Gasteiger partial charge in [0.25, 0.3) is 0 Å². The molecule has 2 bridgehead atoms. The number of amides is 1. The number of rotatable bonds is 6. The van der Waals surface area contributed by atoms with Crippen molar-refractivity contribution in [2.24, 2.45) is 11.8 Å². The predicted octanol–water partition coefficient (Wildman–Crippen LogP) is 1.83. The Balaban J connectivity index is 1.40. The Bertz CT molecular complexity index is 709. The van der Waals surface area contributed by atoms with Crippen molar-refractivity contribution < 1.29 is 9.53 Å². The van der Waals surface area contributed by atoms with E-state index in [1.54, 1.807) is 0 Å². The lowest BCUT2D eigenvalue weighted by Crippen LogP contribution is -2.44. The van der Waals surface area contributed by atoms with Crippen molar-refractivity contribution in [3.8, 4) is 0 Å². The molecule has 6 nitrogen and oxygen atoms in total. The molecule has 6 heteroatoms. The molecule has 3 fully saturated rings. The van der Waals surface area contributed by atoms with Crippen molar-refractivity contribution in [3.63, 3.8) is 0 Å². The SMILES string of the molecule is Cc1cccc(N2C[C@@H]3[C@H](CNC(=O)CN(C)C(C)C)[C@H]4CC[C@]3(C2)O4)n1. The molecule has 1 N–H and O–H groups in total. The lowest BCUT2D eigenvalue weighted by Gasteiger charge is -2.29. The van der Waals surface area contributed by atoms with Crippen LogP contribution in [-0.4, -0.2) is 66.8 Å². The second-order valence-corrected chi connectivity index (χ2v) is 8.86. The molecule has 3 aliphatic heterocycles. The summed E-state index contributed by atoms with van der Waals surface area (Å²) in [6.07, 6.45) is 2.54. The molecular weight excluding hydrogens is 340 g/mol. The van der Waals surface area contributed by atoms with Crippen LogP contribution in [0.4, 0.5) is 5.82 Å². The number of hydrogen-bond acceptors (Lipinski definition) is 5. The van der Waals surface area contributed by atoms with Crippen LogP contribution in [0.25, 0.3) is 0 Å². The van der Waals surface area contributed by atoms with Gasteiger partial charge >= 0.3 is 0 Å². The fourth-order valence-corrected chi connectivity index (χ4v) is 5.04. The van der Waals surface area contributed by atoms with Crippen LogP contribution in [-0.2, 0) is 9.53 Å². The number of aromatic nitrogens is 1. The van der Waals surface area contributed by atoms with E-state index in [0.29, 0.717) is 30.5 Å². The van der Waals surface area contributed by atoms with Gasteiger partial charge in [-0.1, -0.05) is 6.07 Å². The molecule has 148 valence electrons. The highest BCUT2D eigenvalue weighted by molar-refractivity contribution is 5.78. The minimum Gasteiger partial charge on any atom is -0.369 e. The lowest BCUT2D eigenvalue weighted by molar-refractivity contribution is -0.122. The molecule has 0 aromatic carbocycles. The third-order valence-electron chi connectivity index (χ3n) is 6.79. The van der Waals surface area contributed by atoms with E-state index in [1.165, 1.54) is 0 Å². The molecule has 4 heterocycles. The van der Waals surface area contributed by atoms with Gasteiger partial charge in [-0.25, -0.2) is 4.98 Å². The Morgan fingerprint density at radius 2 is 2.30 bits per heavy atom. The Morgan fingerprint density at radius 1 is 1.48 bits per heavy atom. The second kappa shape index (κ2) is 7.06. The van der Waals surface area contributed by atoms with Crippen molar-refractivity contribution in [2.45, 2.75) is 51.4 Å². The number of fused-ring (bicyclic) bond motifs is 1. The maximum Gasteiger partial charge on any atom is 0.234 e. The highest BCUT2D eigenvalue weighted by Crippen LogP contribution is 2.55. The van der Waals surface area contributed by atoms with Gasteiger partial charge in [-0.2, -0.15) is 0 Å². The van der Waals surface area contributed by atoms with Crippen LogP contribution in [0.15, 0.2) is 18.2 Å². The van der Waals surface area contributed by atoms with E-state index >= 15 is 0 Å². The van der Waals surface area contributed by atoms with Crippen LogP contribution in [0.3, 0.4) is 0 Å². The summed E-state index contributed by atoms with van der Waals surface area (Å²) in [6, 6.07) is 6.57. The van der Waals surface area contributed by atoms with E-state index in [0.717, 1.165) is 44.0 Å². The number of aryl methyl sites for hydroxylation is 1. The molecule has 27 heavy (non-hydrogen) atoms. The number of nitrogens with one attached hydrogen (secondary N) is 1.